The predicted octanol–water partition coefficient (Wildman–Crippen LogP) is 2.95. The topological polar surface area (TPSA) is 41.6 Å². The van der Waals surface area contributed by atoms with Gasteiger partial charge < -0.3 is 15.0 Å². The second-order valence-corrected chi connectivity index (χ2v) is 6.52. The smallest absolute Gasteiger partial charge is 0.224 e. The van der Waals surface area contributed by atoms with Gasteiger partial charge in [0.2, 0.25) is 5.91 Å². The van der Waals surface area contributed by atoms with Crippen LogP contribution in [0.4, 0.5) is 5.69 Å². The largest absolute Gasteiger partial charge is 0.374 e. The molecule has 2 aromatic carbocycles. The van der Waals surface area contributed by atoms with Crippen molar-refractivity contribution in [1.82, 2.24) is 5.32 Å². The fourth-order valence-electron chi connectivity index (χ4n) is 3.18. The lowest BCUT2D eigenvalue weighted by molar-refractivity contribution is -0.120. The van der Waals surface area contributed by atoms with Crippen molar-refractivity contribution in [3.8, 4) is 0 Å². The fourth-order valence-corrected chi connectivity index (χ4v) is 3.18. The molecule has 0 aliphatic carbocycles. The molecule has 0 radical (unpaired) electrons. The first-order valence-corrected chi connectivity index (χ1v) is 8.95. The van der Waals surface area contributed by atoms with Crippen molar-refractivity contribution in [2.45, 2.75) is 25.9 Å². The van der Waals surface area contributed by atoms with E-state index >= 15 is 0 Å². The first kappa shape index (κ1) is 17.5. The molecule has 25 heavy (non-hydrogen) atoms. The molecule has 1 saturated heterocycles. The van der Waals surface area contributed by atoms with Gasteiger partial charge in [-0.05, 0) is 36.6 Å². The Labute approximate surface area is 149 Å². The van der Waals surface area contributed by atoms with Gasteiger partial charge in [0.15, 0.2) is 0 Å². The van der Waals surface area contributed by atoms with Crippen molar-refractivity contribution in [2.75, 3.05) is 31.1 Å². The molecule has 4 nitrogen and oxygen atoms in total. The van der Waals surface area contributed by atoms with Crippen molar-refractivity contribution in [3.05, 3.63) is 65.7 Å². The Balaban J connectivity index is 1.42. The Morgan fingerprint density at radius 3 is 2.72 bits per heavy atom. The number of carbonyl (C=O) groups excluding carboxylic acids is 1. The average Bonchev–Trinajstić information content (AvgIpc) is 2.65. The Morgan fingerprint density at radius 1 is 1.16 bits per heavy atom. The molecular formula is C21H26N2O2. The zero-order valence-electron chi connectivity index (χ0n) is 14.8. The third kappa shape index (κ3) is 5.07. The van der Waals surface area contributed by atoms with E-state index in [1.54, 1.807) is 0 Å². The number of anilines is 1. The number of aryl methyl sites for hydroxylation is 1. The molecule has 2 aromatic rings. The van der Waals surface area contributed by atoms with Crippen LogP contribution in [0.3, 0.4) is 0 Å². The van der Waals surface area contributed by atoms with Crippen LogP contribution in [0.15, 0.2) is 54.6 Å². The number of hydrogen-bond donors (Lipinski definition) is 1. The third-order valence-corrected chi connectivity index (χ3v) is 4.66. The lowest BCUT2D eigenvalue weighted by atomic mass is 10.1. The van der Waals surface area contributed by atoms with Crippen LogP contribution < -0.4 is 10.2 Å². The van der Waals surface area contributed by atoms with Crippen LogP contribution in [-0.2, 0) is 16.0 Å². The van der Waals surface area contributed by atoms with E-state index in [4.69, 9.17) is 4.74 Å². The number of amides is 1. The molecule has 132 valence electrons. The molecule has 1 aliphatic heterocycles. The third-order valence-electron chi connectivity index (χ3n) is 4.66. The van der Waals surface area contributed by atoms with Crippen LogP contribution in [0.25, 0.3) is 0 Å². The number of carbonyl (C=O) groups is 1. The second-order valence-electron chi connectivity index (χ2n) is 6.52. The molecule has 1 unspecified atom stereocenters. The highest BCUT2D eigenvalue weighted by Gasteiger charge is 2.20. The van der Waals surface area contributed by atoms with Gasteiger partial charge in [0.25, 0.3) is 0 Å². The summed E-state index contributed by atoms with van der Waals surface area (Å²) < 4.78 is 5.86. The molecule has 1 amide bonds. The normalized spacial score (nSPS) is 17.3. The maximum Gasteiger partial charge on any atom is 0.224 e. The minimum absolute atomic E-state index is 0.0741. The van der Waals surface area contributed by atoms with Gasteiger partial charge in [-0.2, -0.15) is 0 Å². The number of nitrogens with one attached hydrogen (secondary N) is 1. The average molecular weight is 338 g/mol. The van der Waals surface area contributed by atoms with Gasteiger partial charge in [-0.1, -0.05) is 42.5 Å². The number of nitrogens with zero attached hydrogens (tertiary/aromatic N) is 1. The second kappa shape index (κ2) is 8.67. The summed E-state index contributed by atoms with van der Waals surface area (Å²) in [6, 6.07) is 18.4. The Morgan fingerprint density at radius 2 is 1.92 bits per heavy atom. The summed E-state index contributed by atoms with van der Waals surface area (Å²) >= 11 is 0. The van der Waals surface area contributed by atoms with Gasteiger partial charge >= 0.3 is 0 Å². The highest BCUT2D eigenvalue weighted by Crippen LogP contribution is 2.18. The molecule has 3 rings (SSSR count). The molecule has 1 atom stereocenters. The van der Waals surface area contributed by atoms with Gasteiger partial charge in [0.05, 0.1) is 19.1 Å². The number of ether oxygens (including phenoxy) is 1. The lowest BCUT2D eigenvalue weighted by Crippen LogP contribution is -2.44. The Kier molecular flexibility index (Phi) is 6.07. The molecule has 1 N–H and O–H groups in total. The maximum atomic E-state index is 12.1. The summed E-state index contributed by atoms with van der Waals surface area (Å²) in [5.74, 6) is 0.0741. The number of hydrogen-bond acceptors (Lipinski definition) is 3. The van der Waals surface area contributed by atoms with Crippen molar-refractivity contribution >= 4 is 11.6 Å². The molecule has 1 fully saturated rings. The molecular weight excluding hydrogens is 312 g/mol. The van der Waals surface area contributed by atoms with Gasteiger partial charge in [0, 0.05) is 25.3 Å². The number of morpholine rings is 1. The van der Waals surface area contributed by atoms with E-state index in [1.807, 2.05) is 37.3 Å². The Hall–Kier alpha value is -2.33. The number of rotatable bonds is 6. The van der Waals surface area contributed by atoms with Crippen LogP contribution in [0, 0.1) is 6.92 Å². The highest BCUT2D eigenvalue weighted by atomic mass is 16.5. The molecule has 0 spiro atoms. The predicted molar refractivity (Wildman–Crippen MR) is 101 cm³/mol. The Bertz CT molecular complexity index is 687. The lowest BCUT2D eigenvalue weighted by Gasteiger charge is -2.34. The summed E-state index contributed by atoms with van der Waals surface area (Å²) in [4.78, 5) is 14.5. The first-order chi connectivity index (χ1) is 12.2. The van der Waals surface area contributed by atoms with E-state index in [9.17, 15) is 4.79 Å². The van der Waals surface area contributed by atoms with E-state index in [2.05, 4.69) is 34.5 Å². The van der Waals surface area contributed by atoms with Crippen LogP contribution in [0.1, 0.15) is 17.5 Å². The van der Waals surface area contributed by atoms with Crippen molar-refractivity contribution in [3.63, 3.8) is 0 Å². The minimum atomic E-state index is 0.0741. The molecule has 1 aliphatic rings. The zero-order valence-corrected chi connectivity index (χ0v) is 14.8. The van der Waals surface area contributed by atoms with Gasteiger partial charge in [-0.25, -0.2) is 0 Å². The summed E-state index contributed by atoms with van der Waals surface area (Å²) in [5.41, 5.74) is 3.48. The van der Waals surface area contributed by atoms with Crippen LogP contribution >= 0.6 is 0 Å². The fraction of sp³-hybridized carbons (Fsp3) is 0.381. The standard InChI is InChI=1S/C21H26N2O2/c1-17-7-5-6-8-18(17)15-21(24)22-12-11-20-16-23(13-14-25-20)19-9-3-2-4-10-19/h2-10,20H,11-16H2,1H3,(H,22,24). The molecule has 1 heterocycles. The quantitative estimate of drug-likeness (QED) is 0.880. The van der Waals surface area contributed by atoms with Crippen molar-refractivity contribution in [2.24, 2.45) is 0 Å². The monoisotopic (exact) mass is 338 g/mol. The van der Waals surface area contributed by atoms with Crippen molar-refractivity contribution < 1.29 is 9.53 Å². The number of benzene rings is 2. The van der Waals surface area contributed by atoms with Gasteiger partial charge in [-0.15, -0.1) is 0 Å². The van der Waals surface area contributed by atoms with E-state index in [0.717, 1.165) is 37.2 Å². The summed E-state index contributed by atoms with van der Waals surface area (Å²) in [5, 5.41) is 3.02. The van der Waals surface area contributed by atoms with Crippen LogP contribution in [-0.4, -0.2) is 38.3 Å². The highest BCUT2D eigenvalue weighted by molar-refractivity contribution is 5.78. The number of para-hydroxylation sites is 1. The molecule has 0 aromatic heterocycles. The molecule has 4 heteroatoms. The first-order valence-electron chi connectivity index (χ1n) is 8.95. The van der Waals surface area contributed by atoms with Crippen LogP contribution in [0.2, 0.25) is 0 Å². The molecule has 0 bridgehead atoms. The molecule has 0 saturated carbocycles. The summed E-state index contributed by atoms with van der Waals surface area (Å²) in [6.07, 6.45) is 1.43. The summed E-state index contributed by atoms with van der Waals surface area (Å²) in [7, 11) is 0. The van der Waals surface area contributed by atoms with E-state index < -0.39 is 0 Å². The maximum absolute atomic E-state index is 12.1. The minimum Gasteiger partial charge on any atom is -0.374 e. The zero-order chi connectivity index (χ0) is 17.5. The van der Waals surface area contributed by atoms with Gasteiger partial charge in [0.1, 0.15) is 0 Å². The van der Waals surface area contributed by atoms with Crippen LogP contribution in [0.5, 0.6) is 0 Å². The van der Waals surface area contributed by atoms with Crippen molar-refractivity contribution in [1.29, 1.82) is 0 Å². The van der Waals surface area contributed by atoms with Gasteiger partial charge in [-0.3, -0.25) is 4.79 Å². The van der Waals surface area contributed by atoms with E-state index in [1.165, 1.54) is 5.69 Å². The SMILES string of the molecule is Cc1ccccc1CC(=O)NCCC1CN(c2ccccc2)CCO1. The van der Waals surface area contributed by atoms with E-state index in [0.29, 0.717) is 13.0 Å². The summed E-state index contributed by atoms with van der Waals surface area (Å²) in [6.45, 7) is 5.21. The van der Waals surface area contributed by atoms with E-state index in [-0.39, 0.29) is 12.0 Å².